The van der Waals surface area contributed by atoms with Gasteiger partial charge in [0.1, 0.15) is 11.9 Å². The summed E-state index contributed by atoms with van der Waals surface area (Å²) in [5.74, 6) is 0.858. The molecule has 1 aromatic rings. The average molecular weight is 286 g/mol. The van der Waals surface area contributed by atoms with Gasteiger partial charge in [0.05, 0.1) is 0 Å². The van der Waals surface area contributed by atoms with Gasteiger partial charge in [-0.1, -0.05) is 17.7 Å². The molecule has 0 saturated heterocycles. The predicted molar refractivity (Wildman–Crippen MR) is 80.3 cm³/mol. The van der Waals surface area contributed by atoms with E-state index in [0.29, 0.717) is 5.02 Å². The molecule has 0 bridgehead atoms. The van der Waals surface area contributed by atoms with E-state index in [-0.39, 0.29) is 6.10 Å². The Labute approximate surface area is 121 Å². The van der Waals surface area contributed by atoms with Crippen LogP contribution in [0.3, 0.4) is 0 Å². The maximum atomic E-state index is 5.97. The van der Waals surface area contributed by atoms with Crippen LogP contribution in [0.5, 0.6) is 5.75 Å². The summed E-state index contributed by atoms with van der Waals surface area (Å²) in [5, 5.41) is 4.07. The molecule has 0 aromatic heterocycles. The highest BCUT2D eigenvalue weighted by molar-refractivity contribution is 6.30. The topological polar surface area (TPSA) is 30.5 Å². The molecule has 1 atom stereocenters. The summed E-state index contributed by atoms with van der Waals surface area (Å²) in [6.45, 7) is 9.44. The van der Waals surface area contributed by atoms with Crippen molar-refractivity contribution in [1.82, 2.24) is 5.32 Å². The van der Waals surface area contributed by atoms with Gasteiger partial charge < -0.3 is 14.8 Å². The zero-order chi connectivity index (χ0) is 14.1. The van der Waals surface area contributed by atoms with Gasteiger partial charge in [-0.25, -0.2) is 0 Å². The van der Waals surface area contributed by atoms with E-state index in [9.17, 15) is 0 Å². The van der Waals surface area contributed by atoms with Gasteiger partial charge in [0.15, 0.2) is 0 Å². The zero-order valence-corrected chi connectivity index (χ0v) is 12.8. The van der Waals surface area contributed by atoms with Gasteiger partial charge >= 0.3 is 0 Å². The smallest absolute Gasteiger partial charge is 0.124 e. The van der Waals surface area contributed by atoms with E-state index in [1.54, 1.807) is 0 Å². The highest BCUT2D eigenvalue weighted by atomic mass is 35.5. The molecule has 0 aliphatic carbocycles. The molecule has 0 aliphatic heterocycles. The highest BCUT2D eigenvalue weighted by Crippen LogP contribution is 2.23. The number of aryl methyl sites for hydroxylation is 1. The number of benzene rings is 1. The fourth-order valence-corrected chi connectivity index (χ4v) is 1.87. The summed E-state index contributed by atoms with van der Waals surface area (Å²) in [4.78, 5) is 0. The lowest BCUT2D eigenvalue weighted by Gasteiger charge is -2.17. The molecule has 19 heavy (non-hydrogen) atoms. The van der Waals surface area contributed by atoms with Crippen LogP contribution in [0.4, 0.5) is 0 Å². The third-order valence-electron chi connectivity index (χ3n) is 2.76. The first kappa shape index (κ1) is 16.3. The minimum absolute atomic E-state index is 0.115. The van der Waals surface area contributed by atoms with Crippen molar-refractivity contribution in [2.24, 2.45) is 0 Å². The quantitative estimate of drug-likeness (QED) is 0.705. The van der Waals surface area contributed by atoms with Gasteiger partial charge in [0.25, 0.3) is 0 Å². The monoisotopic (exact) mass is 285 g/mol. The first-order chi connectivity index (χ1) is 9.13. The van der Waals surface area contributed by atoms with Crippen LogP contribution < -0.4 is 10.1 Å². The summed E-state index contributed by atoms with van der Waals surface area (Å²) >= 11 is 5.97. The molecule has 108 valence electrons. The Morgan fingerprint density at radius 2 is 2.16 bits per heavy atom. The Morgan fingerprint density at radius 1 is 1.37 bits per heavy atom. The molecule has 4 heteroatoms. The normalized spacial score (nSPS) is 12.4. The lowest BCUT2D eigenvalue weighted by molar-refractivity contribution is 0.143. The van der Waals surface area contributed by atoms with Crippen molar-refractivity contribution in [3.63, 3.8) is 0 Å². The molecule has 1 aromatic carbocycles. The van der Waals surface area contributed by atoms with E-state index >= 15 is 0 Å². The van der Waals surface area contributed by atoms with Gasteiger partial charge in [-0.05, 0) is 51.4 Å². The van der Waals surface area contributed by atoms with E-state index in [1.807, 2.05) is 32.0 Å². The number of halogens is 1. The van der Waals surface area contributed by atoms with Crippen LogP contribution in [-0.2, 0) is 4.74 Å². The number of ether oxygens (including phenoxy) is 2. The van der Waals surface area contributed by atoms with E-state index in [0.717, 1.165) is 44.0 Å². The van der Waals surface area contributed by atoms with E-state index in [4.69, 9.17) is 21.1 Å². The Balaban J connectivity index is 2.23. The largest absolute Gasteiger partial charge is 0.489 e. The fourth-order valence-electron chi connectivity index (χ4n) is 1.71. The van der Waals surface area contributed by atoms with Crippen LogP contribution in [0.2, 0.25) is 5.02 Å². The molecule has 0 amide bonds. The molecule has 1 N–H and O–H groups in total. The maximum absolute atomic E-state index is 5.97. The standard InChI is InChI=1S/C15H24ClNO2/c1-4-18-9-5-8-17-11-13(3)19-15-10-14(16)7-6-12(15)2/h6-7,10,13,17H,4-5,8-9,11H2,1-3H3. The molecular formula is C15H24ClNO2. The van der Waals surface area contributed by atoms with Crippen LogP contribution in [0, 0.1) is 6.92 Å². The molecule has 1 unspecified atom stereocenters. The van der Waals surface area contributed by atoms with E-state index < -0.39 is 0 Å². The molecule has 0 radical (unpaired) electrons. The van der Waals surface area contributed by atoms with Crippen LogP contribution in [-0.4, -0.2) is 32.4 Å². The van der Waals surface area contributed by atoms with Crippen molar-refractivity contribution in [2.75, 3.05) is 26.3 Å². The average Bonchev–Trinajstić information content (AvgIpc) is 2.38. The Bertz CT molecular complexity index is 371. The summed E-state index contributed by atoms with van der Waals surface area (Å²) < 4.78 is 11.2. The second kappa shape index (κ2) is 9.18. The second-order valence-electron chi connectivity index (χ2n) is 4.59. The molecule has 0 heterocycles. The minimum Gasteiger partial charge on any atom is -0.489 e. The molecule has 0 spiro atoms. The maximum Gasteiger partial charge on any atom is 0.124 e. The lowest BCUT2D eigenvalue weighted by Crippen LogP contribution is -2.30. The van der Waals surface area contributed by atoms with Crippen LogP contribution in [0.25, 0.3) is 0 Å². The second-order valence-corrected chi connectivity index (χ2v) is 5.03. The van der Waals surface area contributed by atoms with Crippen LogP contribution in [0.1, 0.15) is 25.8 Å². The van der Waals surface area contributed by atoms with Gasteiger partial charge in [-0.15, -0.1) is 0 Å². The van der Waals surface area contributed by atoms with Crippen molar-refractivity contribution >= 4 is 11.6 Å². The molecule has 0 fully saturated rings. The van der Waals surface area contributed by atoms with Crippen molar-refractivity contribution in [3.05, 3.63) is 28.8 Å². The predicted octanol–water partition coefficient (Wildman–Crippen LogP) is 3.43. The van der Waals surface area contributed by atoms with E-state index in [2.05, 4.69) is 12.2 Å². The Kier molecular flexibility index (Phi) is 7.87. The molecule has 3 nitrogen and oxygen atoms in total. The first-order valence-corrected chi connectivity index (χ1v) is 7.22. The van der Waals surface area contributed by atoms with Crippen molar-refractivity contribution in [3.8, 4) is 5.75 Å². The summed E-state index contributed by atoms with van der Waals surface area (Å²) in [6.07, 6.45) is 1.14. The van der Waals surface area contributed by atoms with Crippen molar-refractivity contribution < 1.29 is 9.47 Å². The third-order valence-corrected chi connectivity index (χ3v) is 2.99. The zero-order valence-electron chi connectivity index (χ0n) is 12.0. The van der Waals surface area contributed by atoms with Crippen molar-refractivity contribution in [1.29, 1.82) is 0 Å². The molecule has 0 saturated carbocycles. The van der Waals surface area contributed by atoms with Gasteiger partial charge in [-0.3, -0.25) is 0 Å². The minimum atomic E-state index is 0.115. The summed E-state index contributed by atoms with van der Waals surface area (Å²) in [5.41, 5.74) is 1.10. The van der Waals surface area contributed by atoms with E-state index in [1.165, 1.54) is 0 Å². The molecule has 0 aliphatic rings. The van der Waals surface area contributed by atoms with Crippen molar-refractivity contribution in [2.45, 2.75) is 33.3 Å². The SMILES string of the molecule is CCOCCCNCC(C)Oc1cc(Cl)ccc1C. The van der Waals surface area contributed by atoms with Crippen LogP contribution >= 0.6 is 11.6 Å². The Hall–Kier alpha value is -0.770. The Morgan fingerprint density at radius 3 is 2.89 bits per heavy atom. The molecule has 1 rings (SSSR count). The number of hydrogen-bond donors (Lipinski definition) is 1. The lowest BCUT2D eigenvalue weighted by atomic mass is 10.2. The number of nitrogens with one attached hydrogen (secondary N) is 1. The fraction of sp³-hybridized carbons (Fsp3) is 0.600. The summed E-state index contributed by atoms with van der Waals surface area (Å²) in [6, 6.07) is 5.71. The van der Waals surface area contributed by atoms with Crippen LogP contribution in [0.15, 0.2) is 18.2 Å². The third kappa shape index (κ3) is 6.81. The van der Waals surface area contributed by atoms with Gasteiger partial charge in [-0.2, -0.15) is 0 Å². The number of rotatable bonds is 9. The highest BCUT2D eigenvalue weighted by Gasteiger charge is 2.06. The van der Waals surface area contributed by atoms with Gasteiger partial charge in [0.2, 0.25) is 0 Å². The number of hydrogen-bond acceptors (Lipinski definition) is 3. The molecular weight excluding hydrogens is 262 g/mol. The van der Waals surface area contributed by atoms with Gasteiger partial charge in [0, 0.05) is 24.8 Å². The first-order valence-electron chi connectivity index (χ1n) is 6.84. The summed E-state index contributed by atoms with van der Waals surface area (Å²) in [7, 11) is 0.